The molecule has 4 atom stereocenters. The van der Waals surface area contributed by atoms with E-state index in [2.05, 4.69) is 5.32 Å². The van der Waals surface area contributed by atoms with E-state index in [0.29, 0.717) is 40.6 Å². The first kappa shape index (κ1) is 15.4. The molecule has 116 valence electrons. The summed E-state index contributed by atoms with van der Waals surface area (Å²) >= 11 is 11.8. The third-order valence-corrected chi connectivity index (χ3v) is 4.58. The number of hydrogen-bond acceptors (Lipinski definition) is 4. The van der Waals surface area contributed by atoms with Crippen LogP contribution in [0.5, 0.6) is 5.75 Å². The van der Waals surface area contributed by atoms with Gasteiger partial charge < -0.3 is 19.9 Å². The topological polar surface area (TPSA) is 50.7 Å². The summed E-state index contributed by atoms with van der Waals surface area (Å²) in [6.07, 6.45) is 3.47. The van der Waals surface area contributed by atoms with Gasteiger partial charge >= 0.3 is 0 Å². The standard InChI is InChI=1S/C15H19Cl2NO3/c16-9-1-3-14(12(17)5-9)20-8-10(19)7-18-13-6-11-2-4-15(13)21-11/h1,3,5,10-11,13,15,18-19H,2,4,6-8H2. The fourth-order valence-electron chi connectivity index (χ4n) is 2.98. The van der Waals surface area contributed by atoms with Crippen molar-refractivity contribution in [3.05, 3.63) is 28.2 Å². The minimum absolute atomic E-state index is 0.191. The molecule has 0 spiro atoms. The van der Waals surface area contributed by atoms with E-state index in [1.807, 2.05) is 0 Å². The van der Waals surface area contributed by atoms with Gasteiger partial charge in [0, 0.05) is 17.6 Å². The number of halogens is 2. The number of benzene rings is 1. The van der Waals surface area contributed by atoms with Gasteiger partial charge in [0.25, 0.3) is 0 Å². The van der Waals surface area contributed by atoms with Crippen molar-refractivity contribution in [3.63, 3.8) is 0 Å². The summed E-state index contributed by atoms with van der Waals surface area (Å²) in [5.41, 5.74) is 0. The van der Waals surface area contributed by atoms with Gasteiger partial charge in [0.1, 0.15) is 18.5 Å². The van der Waals surface area contributed by atoms with E-state index in [0.717, 1.165) is 12.8 Å². The molecule has 2 fully saturated rings. The van der Waals surface area contributed by atoms with Crippen LogP contribution >= 0.6 is 23.2 Å². The lowest BCUT2D eigenvalue weighted by molar-refractivity contribution is 0.0854. The van der Waals surface area contributed by atoms with Gasteiger partial charge in [-0.3, -0.25) is 0 Å². The molecule has 0 aromatic heterocycles. The predicted octanol–water partition coefficient (Wildman–Crippen LogP) is 2.64. The Kier molecular flexibility index (Phi) is 4.92. The predicted molar refractivity (Wildman–Crippen MR) is 82.3 cm³/mol. The van der Waals surface area contributed by atoms with Crippen LogP contribution in [-0.4, -0.2) is 42.6 Å². The Morgan fingerprint density at radius 1 is 1.38 bits per heavy atom. The maximum absolute atomic E-state index is 9.99. The minimum atomic E-state index is -0.587. The largest absolute Gasteiger partial charge is 0.489 e. The quantitative estimate of drug-likeness (QED) is 0.841. The van der Waals surface area contributed by atoms with E-state index >= 15 is 0 Å². The molecule has 0 aliphatic carbocycles. The van der Waals surface area contributed by atoms with Gasteiger partial charge in [-0.2, -0.15) is 0 Å². The van der Waals surface area contributed by atoms with E-state index in [4.69, 9.17) is 32.7 Å². The van der Waals surface area contributed by atoms with Crippen molar-refractivity contribution < 1.29 is 14.6 Å². The second-order valence-electron chi connectivity index (χ2n) is 5.66. The SMILES string of the molecule is OC(CNC1CC2CCC1O2)COc1ccc(Cl)cc1Cl. The molecule has 2 saturated heterocycles. The van der Waals surface area contributed by atoms with E-state index in [9.17, 15) is 5.11 Å². The molecule has 2 aliphatic heterocycles. The molecular weight excluding hydrogens is 313 g/mol. The molecule has 0 amide bonds. The number of fused-ring (bicyclic) bond motifs is 2. The molecular formula is C15H19Cl2NO3. The molecule has 2 bridgehead atoms. The van der Waals surface area contributed by atoms with Crippen LogP contribution in [0, 0.1) is 0 Å². The first-order valence-corrected chi connectivity index (χ1v) is 8.02. The second-order valence-corrected chi connectivity index (χ2v) is 6.51. The lowest BCUT2D eigenvalue weighted by Gasteiger charge is -2.22. The van der Waals surface area contributed by atoms with Crippen LogP contribution in [0.4, 0.5) is 0 Å². The fourth-order valence-corrected chi connectivity index (χ4v) is 3.44. The Morgan fingerprint density at radius 3 is 2.90 bits per heavy atom. The summed E-state index contributed by atoms with van der Waals surface area (Å²) in [4.78, 5) is 0. The lowest BCUT2D eigenvalue weighted by atomic mass is 9.95. The minimum Gasteiger partial charge on any atom is -0.489 e. The van der Waals surface area contributed by atoms with Crippen LogP contribution in [0.25, 0.3) is 0 Å². The maximum atomic E-state index is 9.99. The van der Waals surface area contributed by atoms with Crippen LogP contribution < -0.4 is 10.1 Å². The van der Waals surface area contributed by atoms with Crippen LogP contribution in [0.3, 0.4) is 0 Å². The number of rotatable bonds is 6. The van der Waals surface area contributed by atoms with E-state index in [1.165, 1.54) is 6.42 Å². The average Bonchev–Trinajstić information content (AvgIpc) is 3.06. The first-order chi connectivity index (χ1) is 10.1. The highest BCUT2D eigenvalue weighted by atomic mass is 35.5. The zero-order chi connectivity index (χ0) is 14.8. The lowest BCUT2D eigenvalue weighted by Crippen LogP contribution is -2.42. The molecule has 3 rings (SSSR count). The molecule has 0 radical (unpaired) electrons. The number of aliphatic hydroxyl groups excluding tert-OH is 1. The molecule has 2 heterocycles. The van der Waals surface area contributed by atoms with Crippen molar-refractivity contribution in [1.82, 2.24) is 5.32 Å². The van der Waals surface area contributed by atoms with Crippen molar-refractivity contribution in [2.75, 3.05) is 13.2 Å². The Balaban J connectivity index is 1.41. The first-order valence-electron chi connectivity index (χ1n) is 7.26. The Bertz CT molecular complexity index is 500. The summed E-state index contributed by atoms with van der Waals surface area (Å²) in [6, 6.07) is 5.39. The van der Waals surface area contributed by atoms with Crippen molar-refractivity contribution in [2.45, 2.75) is 43.6 Å². The Morgan fingerprint density at radius 2 is 2.24 bits per heavy atom. The van der Waals surface area contributed by atoms with Crippen LogP contribution in [0.1, 0.15) is 19.3 Å². The van der Waals surface area contributed by atoms with Gasteiger partial charge in [0.05, 0.1) is 17.2 Å². The van der Waals surface area contributed by atoms with Crippen LogP contribution in [-0.2, 0) is 4.74 Å². The number of hydrogen-bond donors (Lipinski definition) is 2. The molecule has 2 N–H and O–H groups in total. The van der Waals surface area contributed by atoms with E-state index in [1.54, 1.807) is 18.2 Å². The number of ether oxygens (including phenoxy) is 2. The summed E-state index contributed by atoms with van der Waals surface area (Å²) in [5.74, 6) is 0.531. The smallest absolute Gasteiger partial charge is 0.138 e. The molecule has 4 nitrogen and oxygen atoms in total. The molecule has 0 saturated carbocycles. The molecule has 2 aliphatic rings. The third-order valence-electron chi connectivity index (χ3n) is 4.05. The zero-order valence-electron chi connectivity index (χ0n) is 11.6. The van der Waals surface area contributed by atoms with Gasteiger partial charge in [0.15, 0.2) is 0 Å². The van der Waals surface area contributed by atoms with Crippen molar-refractivity contribution >= 4 is 23.2 Å². The van der Waals surface area contributed by atoms with Crippen LogP contribution in [0.2, 0.25) is 10.0 Å². The molecule has 6 heteroatoms. The van der Waals surface area contributed by atoms with Gasteiger partial charge in [0.2, 0.25) is 0 Å². The van der Waals surface area contributed by atoms with Crippen molar-refractivity contribution in [3.8, 4) is 5.75 Å². The Hall–Kier alpha value is -0.520. The van der Waals surface area contributed by atoms with Gasteiger partial charge in [-0.1, -0.05) is 23.2 Å². The Labute approximate surface area is 134 Å². The molecule has 1 aromatic carbocycles. The number of nitrogens with one attached hydrogen (secondary N) is 1. The van der Waals surface area contributed by atoms with Crippen molar-refractivity contribution in [2.24, 2.45) is 0 Å². The van der Waals surface area contributed by atoms with E-state index < -0.39 is 6.10 Å². The second kappa shape index (κ2) is 6.71. The summed E-state index contributed by atoms with van der Waals surface area (Å²) in [6.45, 7) is 0.679. The highest BCUT2D eigenvalue weighted by molar-refractivity contribution is 6.35. The van der Waals surface area contributed by atoms with Gasteiger partial charge in [-0.05, 0) is 37.5 Å². The summed E-state index contributed by atoms with van der Waals surface area (Å²) in [5, 5.41) is 14.4. The summed E-state index contributed by atoms with van der Waals surface area (Å²) < 4.78 is 11.3. The highest BCUT2D eigenvalue weighted by Crippen LogP contribution is 2.34. The fraction of sp³-hybridized carbons (Fsp3) is 0.600. The molecule has 4 unspecified atom stereocenters. The average molecular weight is 332 g/mol. The monoisotopic (exact) mass is 331 g/mol. The number of aliphatic hydroxyl groups is 1. The molecule has 21 heavy (non-hydrogen) atoms. The van der Waals surface area contributed by atoms with E-state index in [-0.39, 0.29) is 6.61 Å². The highest BCUT2D eigenvalue weighted by Gasteiger charge is 2.40. The van der Waals surface area contributed by atoms with Gasteiger partial charge in [-0.25, -0.2) is 0 Å². The summed E-state index contributed by atoms with van der Waals surface area (Å²) in [7, 11) is 0. The zero-order valence-corrected chi connectivity index (χ0v) is 13.1. The van der Waals surface area contributed by atoms with Gasteiger partial charge in [-0.15, -0.1) is 0 Å². The molecule has 1 aromatic rings. The maximum Gasteiger partial charge on any atom is 0.138 e. The van der Waals surface area contributed by atoms with Crippen molar-refractivity contribution in [1.29, 1.82) is 0 Å². The third kappa shape index (κ3) is 3.82. The normalized spacial score (nSPS) is 28.8. The van der Waals surface area contributed by atoms with Crippen LogP contribution in [0.15, 0.2) is 18.2 Å².